The first-order valence-corrected chi connectivity index (χ1v) is 12.6. The molecule has 4 N–H and O–H groups in total. The second kappa shape index (κ2) is 15.6. The molecule has 1 aromatic carbocycles. The van der Waals surface area contributed by atoms with Gasteiger partial charge in [0.1, 0.15) is 11.8 Å². The number of alkyl halides is 2. The maximum atomic E-state index is 12.5. The Kier molecular flexibility index (Phi) is 12.6. The van der Waals surface area contributed by atoms with Crippen LogP contribution in [0.3, 0.4) is 0 Å². The Bertz CT molecular complexity index is 1120. The number of likely N-dealkylation sites (tertiary alicyclic amines) is 1. The number of methoxy groups -OCH3 is 1. The maximum Gasteiger partial charge on any atom is 0.404 e. The van der Waals surface area contributed by atoms with Crippen molar-refractivity contribution in [2.75, 3.05) is 34.4 Å². The van der Waals surface area contributed by atoms with E-state index < -0.39 is 12.7 Å². The second-order valence-corrected chi connectivity index (χ2v) is 9.28. The van der Waals surface area contributed by atoms with Crippen molar-refractivity contribution in [3.8, 4) is 23.0 Å². The fourth-order valence-electron chi connectivity index (χ4n) is 3.66. The molecule has 2 fully saturated rings. The van der Waals surface area contributed by atoms with Crippen LogP contribution in [0.4, 0.5) is 13.6 Å². The van der Waals surface area contributed by atoms with Crippen LogP contribution in [-0.2, 0) is 20.9 Å². The standard InChI is InChI=1S/C16H18F2N2O3.C8H14N2O2.C2H5NO2/c1-9-14(7-19)22-15(20-9)11-4-5-12(23-16(17)18)13(6-11)21-8-10-2-3-10;1-9(2)8(12)7-4-3-5-10(7)6-11;1-5-2(3)4/h4-6,10,16H,2-3,7-8,19H2,1H3;6-7H,3-5H2,1-2H3;1H3,(H2,3,4). The predicted molar refractivity (Wildman–Crippen MR) is 140 cm³/mol. The number of oxazole rings is 1. The van der Waals surface area contributed by atoms with Gasteiger partial charge in [-0.05, 0) is 56.7 Å². The summed E-state index contributed by atoms with van der Waals surface area (Å²) >= 11 is 0. The Morgan fingerprint density at radius 1 is 1.25 bits per heavy atom. The molecular formula is C26H37F2N5O7. The number of aryl methyl sites for hydroxylation is 1. The minimum atomic E-state index is -2.91. The number of nitrogens with zero attached hydrogens (tertiary/aromatic N) is 3. The summed E-state index contributed by atoms with van der Waals surface area (Å²) in [6.07, 6.45) is 3.95. The van der Waals surface area contributed by atoms with Gasteiger partial charge in [0.15, 0.2) is 11.5 Å². The van der Waals surface area contributed by atoms with Crippen molar-refractivity contribution in [3.63, 3.8) is 0 Å². The summed E-state index contributed by atoms with van der Waals surface area (Å²) in [6.45, 7) is 0.344. The third-order valence-corrected chi connectivity index (χ3v) is 6.01. The van der Waals surface area contributed by atoms with Crippen molar-refractivity contribution >= 4 is 18.4 Å². The Balaban J connectivity index is 0.000000275. The molecule has 2 aliphatic rings. The lowest BCUT2D eigenvalue weighted by atomic mass is 10.2. The van der Waals surface area contributed by atoms with E-state index in [2.05, 4.69) is 20.2 Å². The van der Waals surface area contributed by atoms with Gasteiger partial charge in [0.05, 0.1) is 26.0 Å². The minimum Gasteiger partial charge on any atom is -0.489 e. The number of nitrogens with two attached hydrogens (primary N) is 2. The summed E-state index contributed by atoms with van der Waals surface area (Å²) in [5, 5.41) is 0. The first kappa shape index (κ1) is 32.3. The van der Waals surface area contributed by atoms with Crippen LogP contribution in [0.1, 0.15) is 37.1 Å². The molecule has 1 atom stereocenters. The molecule has 222 valence electrons. The Morgan fingerprint density at radius 2 is 1.93 bits per heavy atom. The molecule has 0 spiro atoms. The van der Waals surface area contributed by atoms with Gasteiger partial charge in [-0.3, -0.25) is 9.59 Å². The highest BCUT2D eigenvalue weighted by Gasteiger charge is 2.30. The van der Waals surface area contributed by atoms with Crippen LogP contribution < -0.4 is 20.9 Å². The summed E-state index contributed by atoms with van der Waals surface area (Å²) in [5.41, 5.74) is 11.3. The average Bonchev–Trinajstić information content (AvgIpc) is 3.49. The number of rotatable bonds is 9. The molecule has 2 aromatic rings. The van der Waals surface area contributed by atoms with E-state index in [1.165, 1.54) is 18.1 Å². The lowest BCUT2D eigenvalue weighted by Gasteiger charge is -2.22. The zero-order valence-electron chi connectivity index (χ0n) is 23.1. The van der Waals surface area contributed by atoms with Crippen molar-refractivity contribution < 1.29 is 41.8 Å². The molecule has 2 heterocycles. The number of ether oxygens (including phenoxy) is 3. The first-order chi connectivity index (χ1) is 19.0. The number of halogens is 2. The largest absolute Gasteiger partial charge is 0.489 e. The zero-order chi connectivity index (χ0) is 29.8. The summed E-state index contributed by atoms with van der Waals surface area (Å²) in [5.74, 6) is 1.76. The molecule has 0 bridgehead atoms. The second-order valence-electron chi connectivity index (χ2n) is 9.28. The van der Waals surface area contributed by atoms with E-state index in [9.17, 15) is 23.2 Å². The smallest absolute Gasteiger partial charge is 0.404 e. The van der Waals surface area contributed by atoms with E-state index in [1.54, 1.807) is 38.1 Å². The maximum absolute atomic E-state index is 12.5. The average molecular weight is 570 g/mol. The minimum absolute atomic E-state index is 0.00623. The molecule has 0 radical (unpaired) electrons. The molecule has 1 saturated carbocycles. The van der Waals surface area contributed by atoms with Gasteiger partial charge in [0.2, 0.25) is 18.2 Å². The number of likely N-dealkylation sites (N-methyl/N-ethyl adjacent to an activating group) is 1. The number of primary amides is 1. The highest BCUT2D eigenvalue weighted by molar-refractivity contribution is 5.83. The molecule has 1 aliphatic heterocycles. The van der Waals surface area contributed by atoms with Gasteiger partial charge in [0, 0.05) is 26.2 Å². The molecule has 1 saturated heterocycles. The molecule has 3 amide bonds. The van der Waals surface area contributed by atoms with E-state index in [0.717, 1.165) is 32.1 Å². The van der Waals surface area contributed by atoms with Gasteiger partial charge in [-0.15, -0.1) is 0 Å². The van der Waals surface area contributed by atoms with Gasteiger partial charge >= 0.3 is 12.7 Å². The van der Waals surface area contributed by atoms with E-state index >= 15 is 0 Å². The van der Waals surface area contributed by atoms with Crippen molar-refractivity contribution in [1.29, 1.82) is 0 Å². The third kappa shape index (κ3) is 9.98. The van der Waals surface area contributed by atoms with Crippen LogP contribution in [0, 0.1) is 12.8 Å². The normalized spacial score (nSPS) is 15.8. The SMILES string of the molecule is CN(C)C(=O)C1CCCN1C=O.COC(N)=O.Cc1nc(-c2ccc(OC(F)F)c(OCC3CC3)c2)oc1CN. The molecule has 40 heavy (non-hydrogen) atoms. The molecule has 1 aliphatic carbocycles. The number of aromatic nitrogens is 1. The van der Waals surface area contributed by atoms with E-state index in [1.807, 2.05) is 0 Å². The fraction of sp³-hybridized carbons (Fsp3) is 0.538. The molecule has 14 heteroatoms. The van der Waals surface area contributed by atoms with Gasteiger partial charge < -0.3 is 39.9 Å². The lowest BCUT2D eigenvalue weighted by Crippen LogP contribution is -2.41. The molecular weight excluding hydrogens is 532 g/mol. The monoisotopic (exact) mass is 569 g/mol. The Hall–Kier alpha value is -3.94. The highest BCUT2D eigenvalue weighted by atomic mass is 19.3. The number of hydrogen-bond acceptors (Lipinski definition) is 9. The van der Waals surface area contributed by atoms with Crippen LogP contribution in [0.25, 0.3) is 11.5 Å². The van der Waals surface area contributed by atoms with Crippen LogP contribution in [0.15, 0.2) is 22.6 Å². The third-order valence-electron chi connectivity index (χ3n) is 6.01. The summed E-state index contributed by atoms with van der Waals surface area (Å²) in [7, 11) is 4.65. The zero-order valence-corrected chi connectivity index (χ0v) is 23.1. The van der Waals surface area contributed by atoms with Crippen molar-refractivity contribution in [2.45, 2.75) is 51.8 Å². The van der Waals surface area contributed by atoms with Crippen LogP contribution in [-0.4, -0.2) is 80.2 Å². The number of benzene rings is 1. The van der Waals surface area contributed by atoms with E-state index in [-0.39, 0.29) is 30.0 Å². The predicted octanol–water partition coefficient (Wildman–Crippen LogP) is 2.91. The fourth-order valence-corrected chi connectivity index (χ4v) is 3.66. The molecule has 1 aromatic heterocycles. The van der Waals surface area contributed by atoms with Crippen molar-refractivity contribution in [3.05, 3.63) is 29.7 Å². The van der Waals surface area contributed by atoms with Gasteiger partial charge in [-0.2, -0.15) is 8.78 Å². The van der Waals surface area contributed by atoms with E-state index in [4.69, 9.17) is 14.9 Å². The first-order valence-electron chi connectivity index (χ1n) is 12.6. The molecule has 4 rings (SSSR count). The quantitative estimate of drug-likeness (QED) is 0.432. The van der Waals surface area contributed by atoms with E-state index in [0.29, 0.717) is 42.0 Å². The van der Waals surface area contributed by atoms with Gasteiger partial charge in [-0.1, -0.05) is 0 Å². The topological polar surface area (TPSA) is 163 Å². The highest BCUT2D eigenvalue weighted by Crippen LogP contribution is 2.36. The van der Waals surface area contributed by atoms with Gasteiger partial charge in [0.25, 0.3) is 0 Å². The van der Waals surface area contributed by atoms with Crippen molar-refractivity contribution in [2.24, 2.45) is 17.4 Å². The lowest BCUT2D eigenvalue weighted by molar-refractivity contribution is -0.137. The van der Waals surface area contributed by atoms with Crippen LogP contribution in [0.2, 0.25) is 0 Å². The van der Waals surface area contributed by atoms with Crippen LogP contribution >= 0.6 is 0 Å². The molecule has 1 unspecified atom stereocenters. The van der Waals surface area contributed by atoms with Gasteiger partial charge in [-0.25, -0.2) is 9.78 Å². The summed E-state index contributed by atoms with van der Waals surface area (Å²) in [4.78, 5) is 38.7. The number of carbonyl (C=O) groups is 3. The Morgan fingerprint density at radius 3 is 2.42 bits per heavy atom. The van der Waals surface area contributed by atoms with Crippen molar-refractivity contribution in [1.82, 2.24) is 14.8 Å². The Labute approximate surface area is 231 Å². The number of amides is 3. The number of carbonyl (C=O) groups excluding carboxylic acids is 3. The summed E-state index contributed by atoms with van der Waals surface area (Å²) in [6, 6.07) is 4.43. The summed E-state index contributed by atoms with van der Waals surface area (Å²) < 4.78 is 44.6. The molecule has 12 nitrogen and oxygen atoms in total. The van der Waals surface area contributed by atoms with Crippen LogP contribution in [0.5, 0.6) is 11.5 Å². The number of hydrogen-bond donors (Lipinski definition) is 2.